The van der Waals surface area contributed by atoms with E-state index in [-0.39, 0.29) is 11.6 Å². The van der Waals surface area contributed by atoms with Crippen LogP contribution in [0, 0.1) is 0 Å². The van der Waals surface area contributed by atoms with Crippen LogP contribution in [0.5, 0.6) is 5.75 Å². The van der Waals surface area contributed by atoms with Gasteiger partial charge in [-0.1, -0.05) is 18.2 Å². The van der Waals surface area contributed by atoms with Gasteiger partial charge in [0.2, 0.25) is 0 Å². The molecule has 0 amide bonds. The lowest BCUT2D eigenvalue weighted by molar-refractivity contribution is -0.137. The fraction of sp³-hybridized carbons (Fsp3) is 0.429. The smallest absolute Gasteiger partial charge is 0.198 e. The lowest BCUT2D eigenvalue weighted by Gasteiger charge is -2.04. The van der Waals surface area contributed by atoms with E-state index in [2.05, 4.69) is 6.07 Å². The first kappa shape index (κ1) is 11.8. The molecule has 0 N–H and O–H groups in total. The lowest BCUT2D eigenvalue weighted by atomic mass is 9.98. The number of rotatable bonds is 0. The predicted molar refractivity (Wildman–Crippen MR) is 64.1 cm³/mol. The predicted octanol–water partition coefficient (Wildman–Crippen LogP) is 2.32. The molecule has 1 aromatic carbocycles. The topological polar surface area (TPSA) is 43.4 Å². The van der Waals surface area contributed by atoms with Gasteiger partial charge in [0.15, 0.2) is 11.6 Å². The third kappa shape index (κ3) is 3.16. The van der Waals surface area contributed by atoms with Crippen molar-refractivity contribution >= 4 is 11.6 Å². The maximum absolute atomic E-state index is 10.4. The van der Waals surface area contributed by atoms with Crippen molar-refractivity contribution in [3.05, 3.63) is 29.8 Å². The number of carbonyl (C=O) groups excluding carboxylic acids is 2. The molecule has 17 heavy (non-hydrogen) atoms. The third-order valence-corrected chi connectivity index (χ3v) is 2.97. The van der Waals surface area contributed by atoms with Crippen molar-refractivity contribution in [2.45, 2.75) is 32.1 Å². The Kier molecular flexibility index (Phi) is 3.91. The van der Waals surface area contributed by atoms with Crippen molar-refractivity contribution in [1.82, 2.24) is 0 Å². The van der Waals surface area contributed by atoms with E-state index in [9.17, 15) is 9.59 Å². The van der Waals surface area contributed by atoms with Crippen LogP contribution >= 0.6 is 0 Å². The van der Waals surface area contributed by atoms with Crippen LogP contribution < -0.4 is 4.74 Å². The number of ketones is 2. The Balaban J connectivity index is 0.000000128. The average Bonchev–Trinajstić information content (AvgIpc) is 2.82. The first-order chi connectivity index (χ1) is 8.27. The van der Waals surface area contributed by atoms with Crippen LogP contribution in [0.3, 0.4) is 0 Å². The minimum absolute atomic E-state index is 0.170. The van der Waals surface area contributed by atoms with E-state index >= 15 is 0 Å². The van der Waals surface area contributed by atoms with Gasteiger partial charge in [0, 0.05) is 19.3 Å². The SMILES string of the molecule is O=C1CCCCC1=O.c1ccc2c(c1)CCO2. The second-order valence-electron chi connectivity index (χ2n) is 4.26. The Bertz CT molecular complexity index is 384. The van der Waals surface area contributed by atoms with Gasteiger partial charge in [0.25, 0.3) is 0 Å². The number of ether oxygens (including phenoxy) is 1. The van der Waals surface area contributed by atoms with Crippen molar-refractivity contribution in [2.75, 3.05) is 6.61 Å². The zero-order valence-electron chi connectivity index (χ0n) is 9.78. The van der Waals surface area contributed by atoms with Crippen LogP contribution in [0.15, 0.2) is 24.3 Å². The molecular formula is C14H16O3. The molecule has 90 valence electrons. The molecule has 1 fully saturated rings. The molecule has 0 unspecified atom stereocenters. The molecule has 0 saturated heterocycles. The van der Waals surface area contributed by atoms with Gasteiger partial charge in [0.05, 0.1) is 6.61 Å². The third-order valence-electron chi connectivity index (χ3n) is 2.97. The minimum atomic E-state index is -0.170. The number of hydrogen-bond donors (Lipinski definition) is 0. The van der Waals surface area contributed by atoms with Gasteiger partial charge in [-0.25, -0.2) is 0 Å². The number of fused-ring (bicyclic) bond motifs is 1. The summed E-state index contributed by atoms with van der Waals surface area (Å²) in [7, 11) is 0. The van der Waals surface area contributed by atoms with Crippen LogP contribution in [-0.4, -0.2) is 18.2 Å². The molecule has 1 aromatic rings. The second kappa shape index (κ2) is 5.62. The summed E-state index contributed by atoms with van der Waals surface area (Å²) >= 11 is 0. The van der Waals surface area contributed by atoms with Gasteiger partial charge >= 0.3 is 0 Å². The molecule has 1 aliphatic heterocycles. The van der Waals surface area contributed by atoms with Gasteiger partial charge in [0.1, 0.15) is 5.75 Å². The molecule has 1 saturated carbocycles. The Morgan fingerprint density at radius 1 is 0.882 bits per heavy atom. The maximum atomic E-state index is 10.4. The van der Waals surface area contributed by atoms with Crippen molar-refractivity contribution < 1.29 is 14.3 Å². The summed E-state index contributed by atoms with van der Waals surface area (Å²) in [6.07, 6.45) is 3.86. The zero-order chi connectivity index (χ0) is 12.1. The van der Waals surface area contributed by atoms with Gasteiger partial charge in [-0.2, -0.15) is 0 Å². The average molecular weight is 232 g/mol. The summed E-state index contributed by atoms with van der Waals surface area (Å²) in [4.78, 5) is 20.9. The molecule has 3 rings (SSSR count). The molecule has 0 atom stereocenters. The highest BCUT2D eigenvalue weighted by Crippen LogP contribution is 2.23. The van der Waals surface area contributed by atoms with Crippen LogP contribution in [0.2, 0.25) is 0 Å². The number of benzene rings is 1. The van der Waals surface area contributed by atoms with E-state index in [1.165, 1.54) is 5.56 Å². The highest BCUT2D eigenvalue weighted by atomic mass is 16.5. The molecule has 3 heteroatoms. The maximum Gasteiger partial charge on any atom is 0.198 e. The summed E-state index contributed by atoms with van der Waals surface area (Å²) < 4.78 is 5.30. The van der Waals surface area contributed by atoms with Crippen LogP contribution in [0.25, 0.3) is 0 Å². The van der Waals surface area contributed by atoms with Gasteiger partial charge in [-0.15, -0.1) is 0 Å². The van der Waals surface area contributed by atoms with Gasteiger partial charge < -0.3 is 4.74 Å². The number of carbonyl (C=O) groups is 2. The fourth-order valence-corrected chi connectivity index (χ4v) is 1.97. The van der Waals surface area contributed by atoms with E-state index in [1.54, 1.807) is 0 Å². The highest BCUT2D eigenvalue weighted by Gasteiger charge is 2.17. The van der Waals surface area contributed by atoms with E-state index in [0.29, 0.717) is 12.8 Å². The molecule has 0 aromatic heterocycles. The molecule has 1 heterocycles. The first-order valence-electron chi connectivity index (χ1n) is 6.04. The minimum Gasteiger partial charge on any atom is -0.493 e. The zero-order valence-corrected chi connectivity index (χ0v) is 9.78. The summed E-state index contributed by atoms with van der Waals surface area (Å²) in [5.74, 6) is 0.727. The van der Waals surface area contributed by atoms with Crippen LogP contribution in [0.1, 0.15) is 31.2 Å². The summed E-state index contributed by atoms with van der Waals surface area (Å²) in [5.41, 5.74) is 1.34. The van der Waals surface area contributed by atoms with E-state index < -0.39 is 0 Å². The molecular weight excluding hydrogens is 216 g/mol. The van der Waals surface area contributed by atoms with Gasteiger partial charge in [-0.3, -0.25) is 9.59 Å². The number of hydrogen-bond acceptors (Lipinski definition) is 3. The second-order valence-corrected chi connectivity index (χ2v) is 4.26. The molecule has 3 nitrogen and oxygen atoms in total. The lowest BCUT2D eigenvalue weighted by Crippen LogP contribution is -2.17. The van der Waals surface area contributed by atoms with Crippen molar-refractivity contribution in [2.24, 2.45) is 0 Å². The normalized spacial score (nSPS) is 17.9. The van der Waals surface area contributed by atoms with Crippen molar-refractivity contribution in [3.63, 3.8) is 0 Å². The Labute approximate surface area is 101 Å². The van der Waals surface area contributed by atoms with Gasteiger partial charge in [-0.05, 0) is 24.5 Å². The molecule has 0 bridgehead atoms. The fourth-order valence-electron chi connectivity index (χ4n) is 1.97. The van der Waals surface area contributed by atoms with E-state index in [1.807, 2.05) is 18.2 Å². The quantitative estimate of drug-likeness (QED) is 0.645. The molecule has 0 radical (unpaired) electrons. The van der Waals surface area contributed by atoms with Crippen LogP contribution in [0.4, 0.5) is 0 Å². The molecule has 0 spiro atoms. The molecule has 1 aliphatic carbocycles. The highest BCUT2D eigenvalue weighted by molar-refractivity contribution is 6.37. The largest absolute Gasteiger partial charge is 0.493 e. The Morgan fingerprint density at radius 3 is 2.12 bits per heavy atom. The first-order valence-corrected chi connectivity index (χ1v) is 6.04. The van der Waals surface area contributed by atoms with Crippen molar-refractivity contribution in [1.29, 1.82) is 0 Å². The van der Waals surface area contributed by atoms with Crippen LogP contribution in [-0.2, 0) is 16.0 Å². The van der Waals surface area contributed by atoms with E-state index in [0.717, 1.165) is 31.6 Å². The molecule has 2 aliphatic rings. The number of para-hydroxylation sites is 1. The van der Waals surface area contributed by atoms with Crippen molar-refractivity contribution in [3.8, 4) is 5.75 Å². The monoisotopic (exact) mass is 232 g/mol. The Hall–Kier alpha value is -1.64. The summed E-state index contributed by atoms with van der Waals surface area (Å²) in [6.45, 7) is 0.860. The number of Topliss-reactive ketones (excluding diaryl/α,β-unsaturated/α-hetero) is 2. The standard InChI is InChI=1S/C8H8O.C6H8O2/c1-2-4-8-7(3-1)5-6-9-8;7-5-3-1-2-4-6(5)8/h1-4H,5-6H2;1-4H2. The summed E-state index contributed by atoms with van der Waals surface area (Å²) in [5, 5.41) is 0. The Morgan fingerprint density at radius 2 is 1.53 bits per heavy atom. The van der Waals surface area contributed by atoms with E-state index in [4.69, 9.17) is 4.74 Å². The summed E-state index contributed by atoms with van der Waals surface area (Å²) in [6, 6.07) is 8.18.